The van der Waals surface area contributed by atoms with Gasteiger partial charge in [-0.2, -0.15) is 13.2 Å². The maximum absolute atomic E-state index is 12.7. The Bertz CT molecular complexity index is 1150. The van der Waals surface area contributed by atoms with E-state index in [1.807, 2.05) is 5.32 Å². The molecule has 0 fully saturated rings. The van der Waals surface area contributed by atoms with Crippen LogP contribution in [-0.2, 0) is 20.5 Å². The minimum Gasteiger partial charge on any atom is -0.454 e. The van der Waals surface area contributed by atoms with Crippen molar-refractivity contribution in [3.05, 3.63) is 73.8 Å². The normalized spacial score (nSPS) is 11.8. The van der Waals surface area contributed by atoms with E-state index in [4.69, 9.17) is 4.74 Å². The smallest absolute Gasteiger partial charge is 0.416 e. The van der Waals surface area contributed by atoms with Crippen molar-refractivity contribution < 1.29 is 42.1 Å². The van der Waals surface area contributed by atoms with Gasteiger partial charge >= 0.3 is 12.1 Å². The van der Waals surface area contributed by atoms with Gasteiger partial charge in [-0.1, -0.05) is 6.07 Å². The molecular formula is C19H15F3N4O8. The monoisotopic (exact) mass is 484 g/mol. The second-order valence-electron chi connectivity index (χ2n) is 6.65. The van der Waals surface area contributed by atoms with Crippen LogP contribution in [0.1, 0.15) is 22.8 Å². The molecule has 2 amide bonds. The highest BCUT2D eigenvalue weighted by Crippen LogP contribution is 2.34. The van der Waals surface area contributed by atoms with Gasteiger partial charge < -0.3 is 15.4 Å². The second-order valence-corrected chi connectivity index (χ2v) is 6.65. The predicted molar refractivity (Wildman–Crippen MR) is 108 cm³/mol. The lowest BCUT2D eigenvalue weighted by Crippen LogP contribution is -2.40. The molecule has 0 radical (unpaired) electrons. The van der Waals surface area contributed by atoms with Crippen LogP contribution in [0.4, 0.5) is 30.2 Å². The quantitative estimate of drug-likeness (QED) is 0.327. The molecule has 0 heterocycles. The number of nitro benzene ring substituents is 2. The zero-order chi connectivity index (χ0) is 25.6. The molecular weight excluding hydrogens is 469 g/mol. The van der Waals surface area contributed by atoms with Crippen LogP contribution in [-0.4, -0.2) is 40.3 Å². The average molecular weight is 484 g/mol. The number of nitrogens with zero attached hydrogens (tertiary/aromatic N) is 2. The third-order valence-electron chi connectivity index (χ3n) is 4.16. The summed E-state index contributed by atoms with van der Waals surface area (Å²) < 4.78 is 42.9. The summed E-state index contributed by atoms with van der Waals surface area (Å²) in [6.07, 6.45) is -4.84. The van der Waals surface area contributed by atoms with Crippen molar-refractivity contribution in [3.63, 3.8) is 0 Å². The number of hydrogen-bond acceptors (Lipinski definition) is 8. The number of carbonyl (C=O) groups excluding carboxylic acids is 3. The van der Waals surface area contributed by atoms with E-state index < -0.39 is 63.4 Å². The van der Waals surface area contributed by atoms with E-state index in [-0.39, 0.29) is 17.3 Å². The lowest BCUT2D eigenvalue weighted by Gasteiger charge is -2.14. The highest BCUT2D eigenvalue weighted by atomic mass is 19.4. The first-order chi connectivity index (χ1) is 15.8. The number of hydrogen-bond donors (Lipinski definition) is 2. The summed E-state index contributed by atoms with van der Waals surface area (Å²) in [6, 6.07) is 4.84. The fraction of sp³-hybridized carbons (Fsp3) is 0.211. The first kappa shape index (κ1) is 25.7. The van der Waals surface area contributed by atoms with E-state index in [9.17, 15) is 47.8 Å². The number of halogens is 3. The molecule has 2 rings (SSSR count). The molecule has 2 aromatic carbocycles. The summed E-state index contributed by atoms with van der Waals surface area (Å²) in [7, 11) is 0. The maximum Gasteiger partial charge on any atom is 0.416 e. The number of esters is 1. The maximum atomic E-state index is 12.7. The van der Waals surface area contributed by atoms with Crippen molar-refractivity contribution >= 4 is 34.8 Å². The van der Waals surface area contributed by atoms with Gasteiger partial charge in [-0.15, -0.1) is 0 Å². The van der Waals surface area contributed by atoms with Crippen molar-refractivity contribution in [2.75, 3.05) is 11.9 Å². The van der Waals surface area contributed by atoms with E-state index in [0.29, 0.717) is 12.1 Å². The van der Waals surface area contributed by atoms with E-state index in [1.54, 1.807) is 0 Å². The van der Waals surface area contributed by atoms with Gasteiger partial charge in [-0.25, -0.2) is 4.79 Å². The molecule has 0 saturated carbocycles. The lowest BCUT2D eigenvalue weighted by molar-refractivity contribution is -0.384. The number of alkyl halides is 3. The Balaban J connectivity index is 1.96. The number of non-ortho nitro benzene ring substituents is 1. The Morgan fingerprint density at radius 2 is 1.74 bits per heavy atom. The number of amides is 2. The topological polar surface area (TPSA) is 171 Å². The third-order valence-corrected chi connectivity index (χ3v) is 4.16. The van der Waals surface area contributed by atoms with Crippen LogP contribution in [0.3, 0.4) is 0 Å². The van der Waals surface area contributed by atoms with Crippen LogP contribution in [0.25, 0.3) is 0 Å². The third kappa shape index (κ3) is 6.72. The Morgan fingerprint density at radius 3 is 2.32 bits per heavy atom. The first-order valence-corrected chi connectivity index (χ1v) is 9.17. The van der Waals surface area contributed by atoms with Gasteiger partial charge in [0.25, 0.3) is 23.2 Å². The number of benzene rings is 2. The molecule has 0 aliphatic rings. The van der Waals surface area contributed by atoms with Crippen LogP contribution >= 0.6 is 0 Å². The molecule has 0 spiro atoms. The van der Waals surface area contributed by atoms with Crippen molar-refractivity contribution in [1.82, 2.24) is 5.32 Å². The van der Waals surface area contributed by atoms with Gasteiger partial charge in [0, 0.05) is 23.8 Å². The Labute approximate surface area is 188 Å². The van der Waals surface area contributed by atoms with Crippen molar-refractivity contribution in [3.8, 4) is 0 Å². The minimum atomic E-state index is -4.84. The number of rotatable bonds is 8. The lowest BCUT2D eigenvalue weighted by atomic mass is 10.1. The molecule has 12 nitrogen and oxygen atoms in total. The molecule has 0 aliphatic carbocycles. The summed E-state index contributed by atoms with van der Waals surface area (Å²) in [5.41, 5.74) is -3.33. The second kappa shape index (κ2) is 10.4. The van der Waals surface area contributed by atoms with Crippen molar-refractivity contribution in [2.45, 2.75) is 19.1 Å². The summed E-state index contributed by atoms with van der Waals surface area (Å²) in [6.45, 7) is 0.240. The highest BCUT2D eigenvalue weighted by Gasteiger charge is 2.33. The molecule has 0 saturated heterocycles. The summed E-state index contributed by atoms with van der Waals surface area (Å²) >= 11 is 0. The number of nitro groups is 2. The molecule has 1 unspecified atom stereocenters. The van der Waals surface area contributed by atoms with Gasteiger partial charge in [0.05, 0.1) is 15.4 Å². The van der Waals surface area contributed by atoms with Crippen LogP contribution < -0.4 is 10.6 Å². The highest BCUT2D eigenvalue weighted by molar-refractivity contribution is 5.98. The Kier molecular flexibility index (Phi) is 7.84. The molecule has 0 bridgehead atoms. The number of nitrogens with one attached hydrogen (secondary N) is 2. The van der Waals surface area contributed by atoms with E-state index in [2.05, 4.69) is 5.32 Å². The Hall–Kier alpha value is -4.56. The molecule has 180 valence electrons. The summed E-state index contributed by atoms with van der Waals surface area (Å²) in [5.74, 6) is -3.01. The zero-order valence-electron chi connectivity index (χ0n) is 17.1. The standard InChI is InChI=1S/C19H15F3N4O8/c1-10(23-17(28)11-3-2-4-13(7-11)25(30)31)18(29)34-9-16(27)24-14-6-5-12(19(20,21)22)8-15(14)26(32)33/h2-8,10H,9H2,1H3,(H,23,28)(H,24,27). The van der Waals surface area contributed by atoms with Crippen LogP contribution in [0.2, 0.25) is 0 Å². The molecule has 0 aliphatic heterocycles. The van der Waals surface area contributed by atoms with Crippen LogP contribution in [0.15, 0.2) is 42.5 Å². The van der Waals surface area contributed by atoms with Gasteiger partial charge in [0.1, 0.15) is 11.7 Å². The summed E-state index contributed by atoms with van der Waals surface area (Å²) in [4.78, 5) is 56.1. The Morgan fingerprint density at radius 1 is 1.06 bits per heavy atom. The molecule has 15 heteroatoms. The molecule has 0 aromatic heterocycles. The zero-order valence-corrected chi connectivity index (χ0v) is 17.1. The number of anilines is 1. The van der Waals surface area contributed by atoms with Gasteiger partial charge in [-0.05, 0) is 25.1 Å². The van der Waals surface area contributed by atoms with E-state index >= 15 is 0 Å². The van der Waals surface area contributed by atoms with E-state index in [1.165, 1.54) is 19.1 Å². The molecule has 2 aromatic rings. The first-order valence-electron chi connectivity index (χ1n) is 9.17. The van der Waals surface area contributed by atoms with Crippen LogP contribution in [0.5, 0.6) is 0 Å². The number of carbonyl (C=O) groups is 3. The molecule has 34 heavy (non-hydrogen) atoms. The van der Waals surface area contributed by atoms with Crippen LogP contribution in [0, 0.1) is 20.2 Å². The fourth-order valence-corrected chi connectivity index (χ4v) is 2.51. The number of ether oxygens (including phenoxy) is 1. The molecule has 2 N–H and O–H groups in total. The van der Waals surface area contributed by atoms with E-state index in [0.717, 1.165) is 12.1 Å². The SMILES string of the molecule is CC(NC(=O)c1cccc([N+](=O)[O-])c1)C(=O)OCC(=O)Nc1ccc(C(F)(F)F)cc1[N+](=O)[O-]. The largest absolute Gasteiger partial charge is 0.454 e. The average Bonchev–Trinajstić information content (AvgIpc) is 2.76. The summed E-state index contributed by atoms with van der Waals surface area (Å²) in [5, 5.41) is 26.0. The van der Waals surface area contributed by atoms with Gasteiger partial charge in [0.2, 0.25) is 0 Å². The van der Waals surface area contributed by atoms with Gasteiger partial charge in [-0.3, -0.25) is 29.8 Å². The van der Waals surface area contributed by atoms with Crippen molar-refractivity contribution in [2.24, 2.45) is 0 Å². The van der Waals surface area contributed by atoms with Gasteiger partial charge in [0.15, 0.2) is 6.61 Å². The van der Waals surface area contributed by atoms with Crippen molar-refractivity contribution in [1.29, 1.82) is 0 Å². The predicted octanol–water partition coefficient (Wildman–Crippen LogP) is 2.82. The minimum absolute atomic E-state index is 0.110. The molecule has 1 atom stereocenters. The fourth-order valence-electron chi connectivity index (χ4n) is 2.51.